The van der Waals surface area contributed by atoms with Crippen molar-refractivity contribution in [2.45, 2.75) is 32.7 Å². The molecular formula is C15H25N3O. The van der Waals surface area contributed by atoms with Gasteiger partial charge >= 0.3 is 0 Å². The first-order valence-corrected chi connectivity index (χ1v) is 6.84. The van der Waals surface area contributed by atoms with Crippen molar-refractivity contribution in [2.24, 2.45) is 5.73 Å². The lowest BCUT2D eigenvalue weighted by Crippen LogP contribution is -2.37. The number of rotatable bonds is 8. The van der Waals surface area contributed by atoms with Crippen molar-refractivity contribution in [1.29, 1.82) is 5.41 Å². The van der Waals surface area contributed by atoms with Gasteiger partial charge in [0.1, 0.15) is 5.84 Å². The smallest absolute Gasteiger partial charge is 0.122 e. The third kappa shape index (κ3) is 4.24. The minimum Gasteiger partial charge on any atom is -0.384 e. The van der Waals surface area contributed by atoms with Crippen LogP contribution in [0.25, 0.3) is 0 Å². The van der Waals surface area contributed by atoms with E-state index in [1.54, 1.807) is 7.11 Å². The van der Waals surface area contributed by atoms with E-state index >= 15 is 0 Å². The molecule has 1 aromatic carbocycles. The van der Waals surface area contributed by atoms with E-state index in [-0.39, 0.29) is 5.84 Å². The molecule has 0 aliphatic carbocycles. The summed E-state index contributed by atoms with van der Waals surface area (Å²) in [6.07, 6.45) is 2.21. The van der Waals surface area contributed by atoms with E-state index in [0.29, 0.717) is 12.6 Å². The monoisotopic (exact) mass is 263 g/mol. The molecule has 0 saturated heterocycles. The van der Waals surface area contributed by atoms with Crippen LogP contribution in [0.4, 0.5) is 5.69 Å². The van der Waals surface area contributed by atoms with Crippen LogP contribution in [0.1, 0.15) is 32.3 Å². The van der Waals surface area contributed by atoms with E-state index in [9.17, 15) is 0 Å². The summed E-state index contributed by atoms with van der Waals surface area (Å²) < 4.78 is 5.20. The molecule has 4 heteroatoms. The molecular weight excluding hydrogens is 238 g/mol. The highest BCUT2D eigenvalue weighted by atomic mass is 16.5. The standard InChI is InChI=1S/C15H25N3O/c1-4-13(5-2)18(10-11-19-3)14-8-6-12(7-9-14)15(16)17/h6-9,13H,4-5,10-11H2,1-3H3,(H3,16,17). The van der Waals surface area contributed by atoms with Crippen LogP contribution >= 0.6 is 0 Å². The number of ether oxygens (including phenoxy) is 1. The highest BCUT2D eigenvalue weighted by Gasteiger charge is 2.15. The van der Waals surface area contributed by atoms with Gasteiger partial charge < -0.3 is 15.4 Å². The number of amidine groups is 1. The largest absolute Gasteiger partial charge is 0.384 e. The second-order valence-electron chi connectivity index (χ2n) is 4.62. The van der Waals surface area contributed by atoms with Crippen molar-refractivity contribution in [2.75, 3.05) is 25.2 Å². The number of methoxy groups -OCH3 is 1. The molecule has 0 heterocycles. The molecule has 0 saturated carbocycles. The number of nitrogens with two attached hydrogens (primary N) is 1. The predicted octanol–water partition coefficient (Wildman–Crippen LogP) is 2.61. The van der Waals surface area contributed by atoms with Crippen LogP contribution in [0, 0.1) is 5.41 Å². The van der Waals surface area contributed by atoms with Crippen molar-refractivity contribution < 1.29 is 4.74 Å². The Kier molecular flexibility index (Phi) is 6.36. The third-order valence-corrected chi connectivity index (χ3v) is 3.43. The average Bonchev–Trinajstić information content (AvgIpc) is 2.43. The molecule has 0 aliphatic heterocycles. The van der Waals surface area contributed by atoms with Crippen molar-refractivity contribution in [3.63, 3.8) is 0 Å². The van der Waals surface area contributed by atoms with Crippen LogP contribution in [0.2, 0.25) is 0 Å². The van der Waals surface area contributed by atoms with Gasteiger partial charge in [0.05, 0.1) is 6.61 Å². The van der Waals surface area contributed by atoms with Gasteiger partial charge in [-0.05, 0) is 37.1 Å². The predicted molar refractivity (Wildman–Crippen MR) is 81.1 cm³/mol. The van der Waals surface area contributed by atoms with E-state index in [0.717, 1.165) is 30.6 Å². The lowest BCUT2D eigenvalue weighted by molar-refractivity contribution is 0.202. The summed E-state index contributed by atoms with van der Waals surface area (Å²) in [7, 11) is 1.73. The first-order valence-electron chi connectivity index (χ1n) is 6.84. The summed E-state index contributed by atoms with van der Waals surface area (Å²) >= 11 is 0. The van der Waals surface area contributed by atoms with Gasteiger partial charge in [-0.1, -0.05) is 13.8 Å². The fourth-order valence-electron chi connectivity index (χ4n) is 2.27. The van der Waals surface area contributed by atoms with Gasteiger partial charge in [0.15, 0.2) is 0 Å². The maximum atomic E-state index is 7.43. The van der Waals surface area contributed by atoms with Gasteiger partial charge in [0.25, 0.3) is 0 Å². The molecule has 0 spiro atoms. The molecule has 3 N–H and O–H groups in total. The molecule has 0 aromatic heterocycles. The van der Waals surface area contributed by atoms with Crippen LogP contribution in [-0.4, -0.2) is 32.1 Å². The number of nitrogen functional groups attached to an aromatic ring is 1. The summed E-state index contributed by atoms with van der Waals surface area (Å²) in [5.41, 5.74) is 7.41. The molecule has 0 bridgehead atoms. The second-order valence-corrected chi connectivity index (χ2v) is 4.62. The maximum Gasteiger partial charge on any atom is 0.122 e. The molecule has 1 aromatic rings. The van der Waals surface area contributed by atoms with Crippen molar-refractivity contribution in [3.8, 4) is 0 Å². The maximum absolute atomic E-state index is 7.43. The number of nitrogens with zero attached hydrogens (tertiary/aromatic N) is 1. The first kappa shape index (κ1) is 15.5. The fraction of sp³-hybridized carbons (Fsp3) is 0.533. The summed E-state index contributed by atoms with van der Waals surface area (Å²) in [4.78, 5) is 2.37. The molecule has 19 heavy (non-hydrogen) atoms. The summed E-state index contributed by atoms with van der Waals surface area (Å²) in [6, 6.07) is 8.38. The highest BCUT2D eigenvalue weighted by Crippen LogP contribution is 2.21. The molecule has 0 atom stereocenters. The van der Waals surface area contributed by atoms with E-state index in [4.69, 9.17) is 15.9 Å². The zero-order valence-electron chi connectivity index (χ0n) is 12.1. The number of hydrogen-bond acceptors (Lipinski definition) is 3. The minimum atomic E-state index is 0.109. The summed E-state index contributed by atoms with van der Waals surface area (Å²) in [5.74, 6) is 0.109. The Morgan fingerprint density at radius 1 is 1.26 bits per heavy atom. The summed E-state index contributed by atoms with van der Waals surface area (Å²) in [6.45, 7) is 6.00. The van der Waals surface area contributed by atoms with E-state index in [1.807, 2.05) is 24.3 Å². The van der Waals surface area contributed by atoms with Gasteiger partial charge in [-0.3, -0.25) is 5.41 Å². The fourth-order valence-corrected chi connectivity index (χ4v) is 2.27. The third-order valence-electron chi connectivity index (χ3n) is 3.43. The van der Waals surface area contributed by atoms with Gasteiger partial charge in [0, 0.05) is 30.9 Å². The number of anilines is 1. The van der Waals surface area contributed by atoms with Crippen LogP contribution in [-0.2, 0) is 4.74 Å². The highest BCUT2D eigenvalue weighted by molar-refractivity contribution is 5.95. The molecule has 0 radical (unpaired) electrons. The SMILES string of the molecule is CCC(CC)N(CCOC)c1ccc(C(=N)N)cc1. The first-order chi connectivity index (χ1) is 9.13. The molecule has 1 rings (SSSR count). The molecule has 4 nitrogen and oxygen atoms in total. The van der Waals surface area contributed by atoms with E-state index in [2.05, 4.69) is 18.7 Å². The zero-order chi connectivity index (χ0) is 14.3. The summed E-state index contributed by atoms with van der Waals surface area (Å²) in [5, 5.41) is 7.43. The quantitative estimate of drug-likeness (QED) is 0.560. The van der Waals surface area contributed by atoms with Crippen molar-refractivity contribution >= 4 is 11.5 Å². The Bertz CT molecular complexity index is 385. The normalized spacial score (nSPS) is 10.7. The Balaban J connectivity index is 2.92. The zero-order valence-corrected chi connectivity index (χ0v) is 12.1. The molecule has 106 valence electrons. The molecule has 0 unspecified atom stereocenters. The second kappa shape index (κ2) is 7.79. The van der Waals surface area contributed by atoms with Crippen molar-refractivity contribution in [3.05, 3.63) is 29.8 Å². The van der Waals surface area contributed by atoms with Gasteiger partial charge in [0.2, 0.25) is 0 Å². The number of hydrogen-bond donors (Lipinski definition) is 2. The lowest BCUT2D eigenvalue weighted by Gasteiger charge is -2.32. The molecule has 0 fully saturated rings. The van der Waals surface area contributed by atoms with E-state index < -0.39 is 0 Å². The van der Waals surface area contributed by atoms with Crippen LogP contribution < -0.4 is 10.6 Å². The Morgan fingerprint density at radius 2 is 1.84 bits per heavy atom. The van der Waals surface area contributed by atoms with Crippen LogP contribution in [0.15, 0.2) is 24.3 Å². The number of benzene rings is 1. The Labute approximate surface area is 116 Å². The van der Waals surface area contributed by atoms with Gasteiger partial charge in [-0.25, -0.2) is 0 Å². The Hall–Kier alpha value is -1.55. The van der Waals surface area contributed by atoms with Crippen LogP contribution in [0.5, 0.6) is 0 Å². The van der Waals surface area contributed by atoms with Crippen LogP contribution in [0.3, 0.4) is 0 Å². The Morgan fingerprint density at radius 3 is 2.26 bits per heavy atom. The molecule has 0 amide bonds. The lowest BCUT2D eigenvalue weighted by atomic mass is 10.1. The topological polar surface area (TPSA) is 62.3 Å². The van der Waals surface area contributed by atoms with Crippen molar-refractivity contribution in [1.82, 2.24) is 0 Å². The molecule has 0 aliphatic rings. The van der Waals surface area contributed by atoms with E-state index in [1.165, 1.54) is 0 Å². The van der Waals surface area contributed by atoms with Gasteiger partial charge in [-0.15, -0.1) is 0 Å². The van der Waals surface area contributed by atoms with Gasteiger partial charge in [-0.2, -0.15) is 0 Å². The average molecular weight is 263 g/mol. The minimum absolute atomic E-state index is 0.109. The number of nitrogens with one attached hydrogen (secondary N) is 1.